The van der Waals surface area contributed by atoms with Gasteiger partial charge in [0, 0.05) is 12.1 Å². The van der Waals surface area contributed by atoms with E-state index in [1.807, 2.05) is 54.9 Å². The molecule has 27 heavy (non-hydrogen) atoms. The van der Waals surface area contributed by atoms with E-state index in [4.69, 9.17) is 16.3 Å². The Hall–Kier alpha value is -2.53. The van der Waals surface area contributed by atoms with Gasteiger partial charge in [0.2, 0.25) is 0 Å². The number of imidazole rings is 1. The van der Waals surface area contributed by atoms with Crippen molar-refractivity contribution in [1.82, 2.24) is 14.9 Å². The topological polar surface area (TPSA) is 56.1 Å². The Morgan fingerprint density at radius 1 is 1.30 bits per heavy atom. The predicted molar refractivity (Wildman–Crippen MR) is 108 cm³/mol. The molecule has 0 bridgehead atoms. The first kappa shape index (κ1) is 19.2. The van der Waals surface area contributed by atoms with Crippen LogP contribution in [-0.2, 0) is 18.4 Å². The van der Waals surface area contributed by atoms with Crippen molar-refractivity contribution in [2.75, 3.05) is 6.61 Å². The summed E-state index contributed by atoms with van der Waals surface area (Å²) in [5.41, 5.74) is 3.87. The monoisotopic (exact) mass is 385 g/mol. The van der Waals surface area contributed by atoms with E-state index in [1.54, 1.807) is 0 Å². The number of aromatic nitrogens is 2. The fourth-order valence-corrected chi connectivity index (χ4v) is 3.14. The van der Waals surface area contributed by atoms with Crippen molar-refractivity contribution in [2.24, 2.45) is 7.05 Å². The molecule has 0 atom stereocenters. The molecule has 2 aromatic carbocycles. The van der Waals surface area contributed by atoms with Crippen LogP contribution in [0.15, 0.2) is 36.4 Å². The third kappa shape index (κ3) is 4.25. The summed E-state index contributed by atoms with van der Waals surface area (Å²) in [6.07, 6.45) is 0. The zero-order valence-corrected chi connectivity index (χ0v) is 16.8. The largest absolute Gasteiger partial charge is 0.483 e. The van der Waals surface area contributed by atoms with E-state index in [9.17, 15) is 4.79 Å². The number of hydrogen-bond acceptors (Lipinski definition) is 3. The maximum atomic E-state index is 12.2. The summed E-state index contributed by atoms with van der Waals surface area (Å²) in [4.78, 5) is 16.8. The van der Waals surface area contributed by atoms with E-state index in [0.29, 0.717) is 17.3 Å². The first-order valence-corrected chi connectivity index (χ1v) is 9.34. The molecule has 0 spiro atoms. The normalized spacial score (nSPS) is 11.2. The molecule has 0 aliphatic heterocycles. The molecule has 1 aromatic heterocycles. The van der Waals surface area contributed by atoms with Crippen molar-refractivity contribution >= 4 is 28.5 Å². The third-order valence-electron chi connectivity index (χ3n) is 4.60. The van der Waals surface area contributed by atoms with Gasteiger partial charge in [0.15, 0.2) is 6.61 Å². The molecule has 0 saturated carbocycles. The minimum absolute atomic E-state index is 0.0509. The van der Waals surface area contributed by atoms with Gasteiger partial charge >= 0.3 is 0 Å². The maximum Gasteiger partial charge on any atom is 0.258 e. The third-order valence-corrected chi connectivity index (χ3v) is 5.00. The van der Waals surface area contributed by atoms with Gasteiger partial charge in [0.25, 0.3) is 5.91 Å². The number of nitrogens with zero attached hydrogens (tertiary/aromatic N) is 2. The van der Waals surface area contributed by atoms with Crippen molar-refractivity contribution < 1.29 is 9.53 Å². The van der Waals surface area contributed by atoms with Crippen molar-refractivity contribution in [3.63, 3.8) is 0 Å². The number of fused-ring (bicyclic) bond motifs is 1. The van der Waals surface area contributed by atoms with Crippen LogP contribution >= 0.6 is 11.6 Å². The van der Waals surface area contributed by atoms with Crippen LogP contribution in [0.4, 0.5) is 0 Å². The average molecular weight is 386 g/mol. The van der Waals surface area contributed by atoms with Crippen molar-refractivity contribution in [1.29, 1.82) is 0 Å². The van der Waals surface area contributed by atoms with Gasteiger partial charge in [0.1, 0.15) is 11.6 Å². The molecule has 3 aromatic rings. The SMILES string of the molecule is Cc1cc(OCC(=O)NCc2nc3ccccc3n2C)c(C(C)C)cc1Cl. The molecule has 0 saturated heterocycles. The summed E-state index contributed by atoms with van der Waals surface area (Å²) >= 11 is 6.21. The summed E-state index contributed by atoms with van der Waals surface area (Å²) in [7, 11) is 1.94. The number of carbonyl (C=O) groups is 1. The number of halogens is 1. The Labute approximate surface area is 164 Å². The molecule has 0 unspecified atom stereocenters. The minimum Gasteiger partial charge on any atom is -0.483 e. The molecule has 1 heterocycles. The van der Waals surface area contributed by atoms with E-state index in [2.05, 4.69) is 24.1 Å². The Balaban J connectivity index is 1.63. The van der Waals surface area contributed by atoms with Gasteiger partial charge in [-0.15, -0.1) is 0 Å². The highest BCUT2D eigenvalue weighted by Crippen LogP contribution is 2.31. The fourth-order valence-electron chi connectivity index (χ4n) is 2.97. The second-order valence-corrected chi connectivity index (χ2v) is 7.34. The van der Waals surface area contributed by atoms with Crippen molar-refractivity contribution in [3.8, 4) is 5.75 Å². The average Bonchev–Trinajstić information content (AvgIpc) is 2.96. The molecule has 5 nitrogen and oxygen atoms in total. The number of hydrogen-bond donors (Lipinski definition) is 1. The summed E-state index contributed by atoms with van der Waals surface area (Å²) in [5.74, 6) is 1.56. The number of aryl methyl sites for hydroxylation is 2. The number of ether oxygens (including phenoxy) is 1. The molecule has 0 aliphatic rings. The second kappa shape index (κ2) is 8.01. The van der Waals surface area contributed by atoms with Crippen LogP contribution < -0.4 is 10.1 Å². The van der Waals surface area contributed by atoms with E-state index in [0.717, 1.165) is 28.0 Å². The Morgan fingerprint density at radius 3 is 2.74 bits per heavy atom. The van der Waals surface area contributed by atoms with Crippen LogP contribution in [0.2, 0.25) is 5.02 Å². The van der Waals surface area contributed by atoms with E-state index < -0.39 is 0 Å². The lowest BCUT2D eigenvalue weighted by molar-refractivity contribution is -0.123. The molecule has 142 valence electrons. The zero-order chi connectivity index (χ0) is 19.6. The molecule has 6 heteroatoms. The maximum absolute atomic E-state index is 12.2. The van der Waals surface area contributed by atoms with Gasteiger partial charge in [-0.1, -0.05) is 37.6 Å². The minimum atomic E-state index is -0.190. The first-order chi connectivity index (χ1) is 12.9. The van der Waals surface area contributed by atoms with E-state index >= 15 is 0 Å². The summed E-state index contributed by atoms with van der Waals surface area (Å²) in [5, 5.41) is 3.58. The lowest BCUT2D eigenvalue weighted by Crippen LogP contribution is -2.29. The van der Waals surface area contributed by atoms with Crippen LogP contribution in [0.1, 0.15) is 36.7 Å². The predicted octanol–water partition coefficient (Wildman–Crippen LogP) is 4.35. The summed E-state index contributed by atoms with van der Waals surface area (Å²) < 4.78 is 7.76. The van der Waals surface area contributed by atoms with Crippen LogP contribution in [0.3, 0.4) is 0 Å². The molecule has 0 fully saturated rings. The van der Waals surface area contributed by atoms with Crippen LogP contribution in [-0.4, -0.2) is 22.1 Å². The van der Waals surface area contributed by atoms with Crippen LogP contribution in [0.5, 0.6) is 5.75 Å². The van der Waals surface area contributed by atoms with Crippen LogP contribution in [0, 0.1) is 6.92 Å². The van der Waals surface area contributed by atoms with Gasteiger partial charge < -0.3 is 14.6 Å². The fraction of sp³-hybridized carbons (Fsp3) is 0.333. The van der Waals surface area contributed by atoms with E-state index in [1.165, 1.54) is 0 Å². The molecule has 0 aliphatic carbocycles. The van der Waals surface area contributed by atoms with Crippen molar-refractivity contribution in [2.45, 2.75) is 33.2 Å². The molecular formula is C21H24ClN3O2. The molecular weight excluding hydrogens is 362 g/mol. The number of para-hydroxylation sites is 2. The van der Waals surface area contributed by atoms with Gasteiger partial charge in [-0.05, 0) is 48.2 Å². The van der Waals surface area contributed by atoms with Gasteiger partial charge in [-0.25, -0.2) is 4.98 Å². The second-order valence-electron chi connectivity index (χ2n) is 6.94. The van der Waals surface area contributed by atoms with Gasteiger partial charge in [-0.2, -0.15) is 0 Å². The molecule has 3 rings (SSSR count). The standard InChI is InChI=1S/C21H24ClN3O2/c1-13(2)15-10-16(22)14(3)9-19(15)27-12-21(26)23-11-20-24-17-7-5-6-8-18(17)25(20)4/h5-10,13H,11-12H2,1-4H3,(H,23,26). The number of amides is 1. The molecule has 0 radical (unpaired) electrons. The molecule has 1 N–H and O–H groups in total. The Kier molecular flexibility index (Phi) is 5.71. The number of carbonyl (C=O) groups excluding carboxylic acids is 1. The zero-order valence-electron chi connectivity index (χ0n) is 16.0. The Bertz CT molecular complexity index is 979. The summed E-state index contributed by atoms with van der Waals surface area (Å²) in [6, 6.07) is 11.7. The number of benzene rings is 2. The van der Waals surface area contributed by atoms with Gasteiger partial charge in [-0.3, -0.25) is 4.79 Å². The quantitative estimate of drug-likeness (QED) is 0.686. The lowest BCUT2D eigenvalue weighted by atomic mass is 10.0. The molecule has 1 amide bonds. The van der Waals surface area contributed by atoms with Gasteiger partial charge in [0.05, 0.1) is 17.6 Å². The highest BCUT2D eigenvalue weighted by Gasteiger charge is 2.13. The first-order valence-electron chi connectivity index (χ1n) is 8.96. The summed E-state index contributed by atoms with van der Waals surface area (Å²) in [6.45, 7) is 6.36. The number of nitrogens with one attached hydrogen (secondary N) is 1. The van der Waals surface area contributed by atoms with E-state index in [-0.39, 0.29) is 18.4 Å². The highest BCUT2D eigenvalue weighted by molar-refractivity contribution is 6.31. The highest BCUT2D eigenvalue weighted by atomic mass is 35.5. The number of rotatable bonds is 6. The van der Waals surface area contributed by atoms with Crippen LogP contribution in [0.25, 0.3) is 11.0 Å². The van der Waals surface area contributed by atoms with Crippen molar-refractivity contribution in [3.05, 3.63) is 58.4 Å². The lowest BCUT2D eigenvalue weighted by Gasteiger charge is -2.16. The Morgan fingerprint density at radius 2 is 2.04 bits per heavy atom. The smallest absolute Gasteiger partial charge is 0.258 e.